The van der Waals surface area contributed by atoms with Crippen LogP contribution >= 0.6 is 0 Å². The maximum absolute atomic E-state index is 14.3. The Morgan fingerprint density at radius 1 is 0.784 bits per heavy atom. The van der Waals surface area contributed by atoms with Crippen molar-refractivity contribution in [3.8, 4) is 5.75 Å². The van der Waals surface area contributed by atoms with Crippen LogP contribution in [0.2, 0.25) is 0 Å². The van der Waals surface area contributed by atoms with Crippen LogP contribution in [0.4, 0.5) is 17.6 Å². The minimum atomic E-state index is -5.67. The SMILES string of the molecule is COc1cccc(S(=O)(=O)c2ccccc2F)c1S(=O)(=O)c1ccc([C@H](C)NS(=O)(=O)C(F)(F)F)cc1. The first-order valence-corrected chi connectivity index (χ1v) is 14.6. The molecule has 0 heterocycles. The highest BCUT2D eigenvalue weighted by molar-refractivity contribution is 7.94. The molecule has 0 aromatic heterocycles. The van der Waals surface area contributed by atoms with Gasteiger partial charge in [-0.05, 0) is 48.9 Å². The molecule has 0 saturated heterocycles. The van der Waals surface area contributed by atoms with E-state index in [4.69, 9.17) is 4.74 Å². The number of ether oxygens (including phenoxy) is 1. The zero-order chi connectivity index (χ0) is 27.8. The minimum absolute atomic E-state index is 0.00833. The molecule has 8 nitrogen and oxygen atoms in total. The van der Waals surface area contributed by atoms with E-state index in [1.54, 1.807) is 0 Å². The van der Waals surface area contributed by atoms with Gasteiger partial charge in [0.2, 0.25) is 19.7 Å². The largest absolute Gasteiger partial charge is 0.511 e. The highest BCUT2D eigenvalue weighted by atomic mass is 32.2. The molecule has 0 unspecified atom stereocenters. The second kappa shape index (κ2) is 10.0. The van der Waals surface area contributed by atoms with E-state index in [0.717, 1.165) is 56.5 Å². The summed E-state index contributed by atoms with van der Waals surface area (Å²) in [5, 5.41) is 0. The Morgan fingerprint density at radius 3 is 1.89 bits per heavy atom. The maximum Gasteiger partial charge on any atom is 0.511 e. The number of benzene rings is 3. The average Bonchev–Trinajstić information content (AvgIpc) is 2.82. The standard InChI is InChI=1S/C22H19F4NO7S3/c1-14(27-37(32,33)22(24,25)26)15-10-12-16(13-11-15)35(28,29)21-18(34-2)7-5-9-20(21)36(30,31)19-8-4-3-6-17(19)23/h3-14,27H,1-2H3/t14-/m0/s1. The van der Waals surface area contributed by atoms with Gasteiger partial charge in [0.15, 0.2) is 0 Å². The number of hydrogen-bond acceptors (Lipinski definition) is 7. The van der Waals surface area contributed by atoms with Gasteiger partial charge in [-0.25, -0.2) is 34.4 Å². The second-order valence-corrected chi connectivity index (χ2v) is 13.1. The third kappa shape index (κ3) is 5.49. The van der Waals surface area contributed by atoms with Crippen molar-refractivity contribution in [3.05, 3.63) is 78.1 Å². The van der Waals surface area contributed by atoms with E-state index >= 15 is 0 Å². The highest BCUT2D eigenvalue weighted by Crippen LogP contribution is 2.38. The molecule has 1 N–H and O–H groups in total. The first-order valence-electron chi connectivity index (χ1n) is 10.1. The monoisotopic (exact) mass is 581 g/mol. The molecular formula is C22H19F4NO7S3. The van der Waals surface area contributed by atoms with Gasteiger partial charge in [-0.3, -0.25) is 0 Å². The third-order valence-corrected chi connectivity index (χ3v) is 10.3. The van der Waals surface area contributed by atoms with E-state index < -0.39 is 66.6 Å². The Morgan fingerprint density at radius 2 is 1.35 bits per heavy atom. The fourth-order valence-corrected chi connectivity index (χ4v) is 7.63. The first kappa shape index (κ1) is 28.6. The minimum Gasteiger partial charge on any atom is -0.495 e. The molecule has 0 radical (unpaired) electrons. The summed E-state index contributed by atoms with van der Waals surface area (Å²) >= 11 is 0. The Hall–Kier alpha value is -3.01. The molecule has 3 aromatic rings. The summed E-state index contributed by atoms with van der Waals surface area (Å²) < 4.78 is 135. The van der Waals surface area contributed by atoms with Gasteiger partial charge >= 0.3 is 15.5 Å². The lowest BCUT2D eigenvalue weighted by Gasteiger charge is -2.17. The number of halogens is 4. The molecule has 0 aliphatic rings. The van der Waals surface area contributed by atoms with E-state index in [-0.39, 0.29) is 11.3 Å². The zero-order valence-corrected chi connectivity index (χ0v) is 21.5. The van der Waals surface area contributed by atoms with Gasteiger partial charge in [0.1, 0.15) is 21.4 Å². The molecule has 37 heavy (non-hydrogen) atoms. The van der Waals surface area contributed by atoms with Gasteiger partial charge in [0.25, 0.3) is 0 Å². The van der Waals surface area contributed by atoms with E-state index in [0.29, 0.717) is 0 Å². The number of sulfone groups is 2. The molecule has 3 aromatic carbocycles. The van der Waals surface area contributed by atoms with Gasteiger partial charge in [0.05, 0.1) is 16.9 Å². The number of methoxy groups -OCH3 is 1. The Bertz CT molecular complexity index is 1640. The van der Waals surface area contributed by atoms with E-state index in [1.165, 1.54) is 29.0 Å². The molecule has 0 saturated carbocycles. The molecule has 0 aliphatic heterocycles. The second-order valence-electron chi connectivity index (χ2n) is 7.58. The van der Waals surface area contributed by atoms with Crippen molar-refractivity contribution in [2.45, 2.75) is 38.1 Å². The number of alkyl halides is 3. The van der Waals surface area contributed by atoms with E-state index in [2.05, 4.69) is 0 Å². The topological polar surface area (TPSA) is 124 Å². The number of rotatable bonds is 8. The normalized spacial score (nSPS) is 13.8. The first-order chi connectivity index (χ1) is 17.0. The van der Waals surface area contributed by atoms with Crippen LogP contribution in [0.15, 0.2) is 86.3 Å². The van der Waals surface area contributed by atoms with E-state index in [1.807, 2.05) is 0 Å². The van der Waals surface area contributed by atoms with Crippen molar-refractivity contribution in [3.63, 3.8) is 0 Å². The number of hydrogen-bond donors (Lipinski definition) is 1. The summed E-state index contributed by atoms with van der Waals surface area (Å²) in [5.41, 5.74) is -5.56. The molecule has 1 atom stereocenters. The summed E-state index contributed by atoms with van der Waals surface area (Å²) in [5.74, 6) is -1.46. The molecular weight excluding hydrogens is 562 g/mol. The Labute approximate surface area is 210 Å². The van der Waals surface area contributed by atoms with Crippen LogP contribution in [0.25, 0.3) is 0 Å². The maximum atomic E-state index is 14.3. The highest BCUT2D eigenvalue weighted by Gasteiger charge is 2.46. The molecule has 0 bridgehead atoms. The van der Waals surface area contributed by atoms with Crippen molar-refractivity contribution >= 4 is 29.7 Å². The third-order valence-electron chi connectivity index (χ3n) is 5.17. The predicted molar refractivity (Wildman–Crippen MR) is 123 cm³/mol. The van der Waals surface area contributed by atoms with Crippen LogP contribution < -0.4 is 9.46 Å². The van der Waals surface area contributed by atoms with Gasteiger partial charge in [-0.2, -0.15) is 13.2 Å². The van der Waals surface area contributed by atoms with Gasteiger partial charge in [-0.1, -0.05) is 30.3 Å². The van der Waals surface area contributed by atoms with E-state index in [9.17, 15) is 42.8 Å². The summed E-state index contributed by atoms with van der Waals surface area (Å²) in [7, 11) is -13.9. The Balaban J connectivity index is 2.11. The number of nitrogens with one attached hydrogen (secondary N) is 1. The lowest BCUT2D eigenvalue weighted by atomic mass is 10.1. The fourth-order valence-electron chi connectivity index (χ4n) is 3.34. The molecule has 15 heteroatoms. The summed E-state index contributed by atoms with van der Waals surface area (Å²) in [6.07, 6.45) is 0. The number of sulfonamides is 1. The molecule has 3 rings (SSSR count). The molecule has 200 valence electrons. The van der Waals surface area contributed by atoms with Crippen LogP contribution in [-0.4, -0.2) is 37.9 Å². The molecule has 0 spiro atoms. The van der Waals surface area contributed by atoms with Crippen molar-refractivity contribution in [1.29, 1.82) is 0 Å². The van der Waals surface area contributed by atoms with Crippen LogP contribution in [0.3, 0.4) is 0 Å². The van der Waals surface area contributed by atoms with Crippen molar-refractivity contribution in [1.82, 2.24) is 4.72 Å². The summed E-state index contributed by atoms with van der Waals surface area (Å²) in [6, 6.07) is 10.4. The van der Waals surface area contributed by atoms with Crippen LogP contribution in [0.1, 0.15) is 18.5 Å². The van der Waals surface area contributed by atoms with Crippen LogP contribution in [0.5, 0.6) is 5.75 Å². The van der Waals surface area contributed by atoms with Crippen molar-refractivity contribution in [2.75, 3.05) is 7.11 Å². The Kier molecular flexibility index (Phi) is 7.75. The lowest BCUT2D eigenvalue weighted by molar-refractivity contribution is -0.0450. The van der Waals surface area contributed by atoms with Gasteiger partial charge < -0.3 is 4.74 Å². The van der Waals surface area contributed by atoms with Gasteiger partial charge in [-0.15, -0.1) is 0 Å². The van der Waals surface area contributed by atoms with Crippen molar-refractivity contribution in [2.24, 2.45) is 0 Å². The molecule has 0 amide bonds. The predicted octanol–water partition coefficient (Wildman–Crippen LogP) is 4.00. The smallest absolute Gasteiger partial charge is 0.495 e. The molecule has 0 fully saturated rings. The zero-order valence-electron chi connectivity index (χ0n) is 19.0. The van der Waals surface area contributed by atoms with Crippen LogP contribution in [-0.2, 0) is 29.7 Å². The average molecular weight is 582 g/mol. The summed E-state index contributed by atoms with van der Waals surface area (Å²) in [6.45, 7) is 1.12. The molecule has 0 aliphatic carbocycles. The quantitative estimate of drug-likeness (QED) is 0.399. The lowest BCUT2D eigenvalue weighted by Crippen LogP contribution is -2.37. The van der Waals surface area contributed by atoms with Crippen molar-refractivity contribution < 1.29 is 47.6 Å². The van der Waals surface area contributed by atoms with Gasteiger partial charge in [0, 0.05) is 6.04 Å². The summed E-state index contributed by atoms with van der Waals surface area (Å²) in [4.78, 5) is -2.77. The van der Waals surface area contributed by atoms with Crippen LogP contribution in [0, 0.1) is 5.82 Å². The fraction of sp³-hybridized carbons (Fsp3) is 0.182.